The fraction of sp³-hybridized carbons (Fsp3) is 0.667. The summed E-state index contributed by atoms with van der Waals surface area (Å²) >= 11 is 0. The molecule has 0 radical (unpaired) electrons. The van der Waals surface area contributed by atoms with Crippen molar-refractivity contribution in [1.82, 2.24) is 0 Å². The number of aliphatic carboxylic acids is 2. The number of carbonyl (C=O) groups is 2. The first kappa shape index (κ1) is 26.5. The molecule has 0 aromatic carbocycles. The van der Waals surface area contributed by atoms with Gasteiger partial charge in [0.25, 0.3) is 0 Å². The molecule has 0 amide bonds. The molecule has 5 atom stereocenters. The summed E-state index contributed by atoms with van der Waals surface area (Å²) in [4.78, 5) is 24.2. The van der Waals surface area contributed by atoms with E-state index in [0.717, 1.165) is 38.5 Å². The molecule has 1 fully saturated rings. The summed E-state index contributed by atoms with van der Waals surface area (Å²) in [6.45, 7) is 10.8. The first-order valence-corrected chi connectivity index (χ1v) is 13.2. The lowest BCUT2D eigenvalue weighted by Crippen LogP contribution is -2.47. The lowest BCUT2D eigenvalue weighted by molar-refractivity contribution is -0.152. The molecule has 0 aromatic rings. The Labute approximate surface area is 205 Å². The summed E-state index contributed by atoms with van der Waals surface area (Å²) in [6, 6.07) is 0. The van der Waals surface area contributed by atoms with Gasteiger partial charge in [0.05, 0.1) is 11.3 Å². The number of fused-ring (bicyclic) bond motifs is 1. The second-order valence-corrected chi connectivity index (χ2v) is 11.6. The lowest BCUT2D eigenvalue weighted by Gasteiger charge is -2.47. The first-order chi connectivity index (χ1) is 16.0. The van der Waals surface area contributed by atoms with Crippen molar-refractivity contribution < 1.29 is 19.8 Å². The van der Waals surface area contributed by atoms with E-state index in [0.29, 0.717) is 30.6 Å². The predicted octanol–water partition coefficient (Wildman–Crippen LogP) is 7.44. The highest BCUT2D eigenvalue weighted by Crippen LogP contribution is 2.53. The molecule has 1 saturated carbocycles. The van der Waals surface area contributed by atoms with Gasteiger partial charge in [0, 0.05) is 5.92 Å². The summed E-state index contributed by atoms with van der Waals surface area (Å²) in [5.74, 6) is -0.367. The van der Waals surface area contributed by atoms with Gasteiger partial charge in [-0.15, -0.1) is 0 Å². The van der Waals surface area contributed by atoms with Crippen LogP contribution in [0.4, 0.5) is 0 Å². The van der Waals surface area contributed by atoms with Crippen LogP contribution in [0.1, 0.15) is 86.0 Å². The van der Waals surface area contributed by atoms with Gasteiger partial charge in [-0.05, 0) is 103 Å². The van der Waals surface area contributed by atoms with E-state index in [-0.39, 0.29) is 17.8 Å². The van der Waals surface area contributed by atoms with Gasteiger partial charge in [-0.1, -0.05) is 54.0 Å². The second-order valence-electron chi connectivity index (χ2n) is 11.6. The van der Waals surface area contributed by atoms with Crippen LogP contribution in [-0.2, 0) is 9.59 Å². The summed E-state index contributed by atoms with van der Waals surface area (Å²) in [5.41, 5.74) is 2.99. The molecule has 3 rings (SSSR count). The van der Waals surface area contributed by atoms with Crippen molar-refractivity contribution in [3.05, 3.63) is 47.1 Å². The van der Waals surface area contributed by atoms with E-state index < -0.39 is 17.4 Å². The molecule has 0 aliphatic heterocycles. The summed E-state index contributed by atoms with van der Waals surface area (Å²) in [5, 5.41) is 19.9. The van der Waals surface area contributed by atoms with Gasteiger partial charge in [0.1, 0.15) is 0 Å². The minimum Gasteiger partial charge on any atom is -0.481 e. The monoisotopic (exact) mass is 468 g/mol. The fourth-order valence-corrected chi connectivity index (χ4v) is 6.62. The highest BCUT2D eigenvalue weighted by molar-refractivity contribution is 5.80. The molecule has 4 nitrogen and oxygen atoms in total. The van der Waals surface area contributed by atoms with E-state index in [4.69, 9.17) is 0 Å². The van der Waals surface area contributed by atoms with Crippen molar-refractivity contribution in [2.75, 3.05) is 0 Å². The second kappa shape index (κ2) is 11.1. The molecule has 34 heavy (non-hydrogen) atoms. The molecule has 2 N–H and O–H groups in total. The van der Waals surface area contributed by atoms with Crippen LogP contribution in [0.15, 0.2) is 47.1 Å². The van der Waals surface area contributed by atoms with Crippen LogP contribution >= 0.6 is 0 Å². The Morgan fingerprint density at radius 1 is 1.12 bits per heavy atom. The predicted molar refractivity (Wildman–Crippen MR) is 137 cm³/mol. The Morgan fingerprint density at radius 2 is 1.76 bits per heavy atom. The van der Waals surface area contributed by atoms with Crippen LogP contribution < -0.4 is 0 Å². The Balaban J connectivity index is 1.82. The smallest absolute Gasteiger partial charge is 0.314 e. The van der Waals surface area contributed by atoms with E-state index in [1.165, 1.54) is 16.7 Å². The quantitative estimate of drug-likeness (QED) is 0.363. The SMILES string of the molecule is CC(C)=CCCC(C)C1C=CC2(C(=O)O)C(C=C(C)C3CCC(C(=O)O)CC3)C=C(C)CC2C1. The van der Waals surface area contributed by atoms with Crippen molar-refractivity contribution in [2.45, 2.75) is 86.0 Å². The van der Waals surface area contributed by atoms with Crippen LogP contribution in [-0.4, -0.2) is 22.2 Å². The maximum Gasteiger partial charge on any atom is 0.314 e. The molecular formula is C30H44O4. The number of rotatable bonds is 8. The molecule has 0 heterocycles. The maximum absolute atomic E-state index is 12.8. The first-order valence-electron chi connectivity index (χ1n) is 13.2. The highest BCUT2D eigenvalue weighted by atomic mass is 16.4. The molecule has 0 spiro atoms. The van der Waals surface area contributed by atoms with Crippen molar-refractivity contribution in [3.63, 3.8) is 0 Å². The van der Waals surface area contributed by atoms with E-state index in [1.54, 1.807) is 0 Å². The molecule has 188 valence electrons. The van der Waals surface area contributed by atoms with Crippen molar-refractivity contribution in [1.29, 1.82) is 0 Å². The van der Waals surface area contributed by atoms with Crippen molar-refractivity contribution >= 4 is 11.9 Å². The van der Waals surface area contributed by atoms with Crippen LogP contribution in [0.25, 0.3) is 0 Å². The molecule has 0 saturated heterocycles. The number of allylic oxidation sites excluding steroid dienone is 7. The molecule has 3 aliphatic rings. The van der Waals surface area contributed by atoms with Gasteiger partial charge < -0.3 is 10.2 Å². The fourth-order valence-electron chi connectivity index (χ4n) is 6.62. The standard InChI is InChI=1S/C30H44O4/c1-19(2)7-6-8-21(4)25-13-14-30(29(33)34)26(15-20(3)16-27(30)18-25)17-22(5)23-9-11-24(12-10-23)28(31)32/h7,13-15,17,21,23-27H,6,8-12,16,18H2,1-5H3,(H,31,32)(H,33,34). The molecular weight excluding hydrogens is 424 g/mol. The zero-order chi connectivity index (χ0) is 25.0. The number of carboxylic acids is 2. The molecule has 0 bridgehead atoms. The van der Waals surface area contributed by atoms with E-state index in [2.05, 4.69) is 58.9 Å². The largest absolute Gasteiger partial charge is 0.481 e. The normalized spacial score (nSPS) is 34.6. The van der Waals surface area contributed by atoms with Crippen LogP contribution in [0.5, 0.6) is 0 Å². The zero-order valence-electron chi connectivity index (χ0n) is 21.7. The average Bonchev–Trinajstić information content (AvgIpc) is 2.78. The Bertz CT molecular complexity index is 879. The molecule has 3 aliphatic carbocycles. The van der Waals surface area contributed by atoms with Gasteiger partial charge in [0.2, 0.25) is 0 Å². The minimum absolute atomic E-state index is 0.104. The third-order valence-corrected chi connectivity index (χ3v) is 8.87. The number of hydrogen-bond donors (Lipinski definition) is 2. The third-order valence-electron chi connectivity index (χ3n) is 8.87. The number of carboxylic acid groups (broad SMARTS) is 2. The Hall–Kier alpha value is -2.10. The van der Waals surface area contributed by atoms with Gasteiger partial charge in [-0.2, -0.15) is 0 Å². The third kappa shape index (κ3) is 5.75. The lowest BCUT2D eigenvalue weighted by atomic mass is 9.55. The van der Waals surface area contributed by atoms with Gasteiger partial charge in [-0.25, -0.2) is 0 Å². The summed E-state index contributed by atoms with van der Waals surface area (Å²) < 4.78 is 0. The van der Waals surface area contributed by atoms with E-state index in [9.17, 15) is 19.8 Å². The number of hydrogen-bond acceptors (Lipinski definition) is 2. The Morgan fingerprint density at radius 3 is 2.35 bits per heavy atom. The van der Waals surface area contributed by atoms with Crippen LogP contribution in [0, 0.1) is 40.9 Å². The molecule has 0 aromatic heterocycles. The molecule has 5 unspecified atom stereocenters. The van der Waals surface area contributed by atoms with Crippen molar-refractivity contribution in [2.24, 2.45) is 40.9 Å². The van der Waals surface area contributed by atoms with E-state index >= 15 is 0 Å². The summed E-state index contributed by atoms with van der Waals surface area (Å²) in [7, 11) is 0. The Kier molecular flexibility index (Phi) is 8.65. The average molecular weight is 469 g/mol. The van der Waals surface area contributed by atoms with Crippen LogP contribution in [0.2, 0.25) is 0 Å². The van der Waals surface area contributed by atoms with Gasteiger partial charge in [-0.3, -0.25) is 9.59 Å². The van der Waals surface area contributed by atoms with Gasteiger partial charge in [0.15, 0.2) is 0 Å². The summed E-state index contributed by atoms with van der Waals surface area (Å²) in [6.07, 6.45) is 18.1. The topological polar surface area (TPSA) is 74.6 Å². The maximum atomic E-state index is 12.8. The van der Waals surface area contributed by atoms with E-state index in [1.807, 2.05) is 6.08 Å². The van der Waals surface area contributed by atoms with Crippen molar-refractivity contribution in [3.8, 4) is 0 Å². The highest BCUT2D eigenvalue weighted by Gasteiger charge is 2.52. The van der Waals surface area contributed by atoms with Gasteiger partial charge >= 0.3 is 11.9 Å². The van der Waals surface area contributed by atoms with Crippen LogP contribution in [0.3, 0.4) is 0 Å². The zero-order valence-corrected chi connectivity index (χ0v) is 21.7. The minimum atomic E-state index is -0.880. The molecule has 4 heteroatoms.